The van der Waals surface area contributed by atoms with Crippen LogP contribution in [0, 0.1) is 0 Å². The number of carbonyl (C=O) groups is 4. The minimum atomic E-state index is -1.20. The van der Waals surface area contributed by atoms with Crippen molar-refractivity contribution < 1.29 is 29.0 Å². The molecular weight excluding hydrogens is 510 g/mol. The van der Waals surface area contributed by atoms with E-state index >= 15 is 0 Å². The number of hydrogen-bond donors (Lipinski definition) is 5. The molecule has 0 unspecified atom stereocenters. The van der Waals surface area contributed by atoms with Crippen molar-refractivity contribution >= 4 is 46.2 Å². The highest BCUT2D eigenvalue weighted by atomic mass is 32.1. The number of urea groups is 1. The second-order valence-electron chi connectivity index (χ2n) is 9.22. The molecule has 0 radical (unpaired) electrons. The zero-order valence-corrected chi connectivity index (χ0v) is 21.9. The van der Waals surface area contributed by atoms with Crippen LogP contribution < -0.4 is 21.3 Å². The zero-order chi connectivity index (χ0) is 27.7. The number of amides is 4. The fourth-order valence-corrected chi connectivity index (χ4v) is 3.85. The molecule has 2 aromatic carbocycles. The van der Waals surface area contributed by atoms with Crippen molar-refractivity contribution in [1.82, 2.24) is 15.6 Å². The van der Waals surface area contributed by atoms with Crippen LogP contribution in [-0.4, -0.2) is 45.7 Å². The largest absolute Gasteiger partial charge is 0.480 e. The lowest BCUT2D eigenvalue weighted by atomic mass is 10.1. The van der Waals surface area contributed by atoms with Crippen molar-refractivity contribution in [2.45, 2.75) is 45.4 Å². The summed E-state index contributed by atoms with van der Waals surface area (Å²) < 4.78 is 5.12. The van der Waals surface area contributed by atoms with E-state index in [1.54, 1.807) is 45.0 Å². The summed E-state index contributed by atoms with van der Waals surface area (Å²) in [4.78, 5) is 52.4. The van der Waals surface area contributed by atoms with Crippen LogP contribution in [0.4, 0.5) is 20.4 Å². The van der Waals surface area contributed by atoms with Crippen LogP contribution >= 0.6 is 11.3 Å². The van der Waals surface area contributed by atoms with Gasteiger partial charge in [0.25, 0.3) is 5.91 Å². The average molecular weight is 540 g/mol. The molecular formula is C26H29N5O6S. The molecule has 0 spiro atoms. The third-order valence-electron chi connectivity index (χ3n) is 4.89. The highest BCUT2D eigenvalue weighted by Crippen LogP contribution is 2.18. The minimum Gasteiger partial charge on any atom is -0.480 e. The quantitative estimate of drug-likeness (QED) is 0.272. The summed E-state index contributed by atoms with van der Waals surface area (Å²) in [6, 6.07) is 14.3. The van der Waals surface area contributed by atoms with Gasteiger partial charge in [-0.3, -0.25) is 10.1 Å². The summed E-state index contributed by atoms with van der Waals surface area (Å²) in [5, 5.41) is 21.6. The van der Waals surface area contributed by atoms with Gasteiger partial charge in [0.05, 0.1) is 0 Å². The first kappa shape index (κ1) is 28.1. The Balaban J connectivity index is 1.51. The standard InChI is InChI=1S/C26H29N5O6S/c1-26(2,3)37-25(36)30-19(22(33)34)13-16-9-11-18(12-10-16)28-21(32)20-15-38-24(29-20)31-23(35)27-14-17-7-5-4-6-8-17/h4-12,15,19H,13-14H2,1-3H3,(H,28,32)(H,30,36)(H,33,34)(H2,27,29,31,35)/t19-/m0/s1. The first-order valence-electron chi connectivity index (χ1n) is 11.7. The fourth-order valence-electron chi connectivity index (χ4n) is 3.16. The minimum absolute atomic E-state index is 0.0241. The molecule has 0 aliphatic carbocycles. The number of aliphatic carboxylic acids is 1. The first-order valence-corrected chi connectivity index (χ1v) is 12.5. The smallest absolute Gasteiger partial charge is 0.408 e. The van der Waals surface area contributed by atoms with Crippen LogP contribution in [0.5, 0.6) is 0 Å². The number of carbonyl (C=O) groups excluding carboxylic acids is 3. The van der Waals surface area contributed by atoms with Crippen molar-refractivity contribution in [1.29, 1.82) is 0 Å². The number of carboxylic acids is 1. The topological polar surface area (TPSA) is 159 Å². The van der Waals surface area contributed by atoms with Gasteiger partial charge in [-0.2, -0.15) is 0 Å². The predicted molar refractivity (Wildman–Crippen MR) is 143 cm³/mol. The molecule has 38 heavy (non-hydrogen) atoms. The molecule has 11 nitrogen and oxygen atoms in total. The Morgan fingerprint density at radius 3 is 2.29 bits per heavy atom. The van der Waals surface area contributed by atoms with Crippen molar-refractivity contribution in [2.24, 2.45) is 0 Å². The number of anilines is 2. The van der Waals surface area contributed by atoms with Gasteiger partial charge in [-0.1, -0.05) is 42.5 Å². The zero-order valence-electron chi connectivity index (χ0n) is 21.1. The number of thiazole rings is 1. The molecule has 1 aromatic heterocycles. The number of benzene rings is 2. The third-order valence-corrected chi connectivity index (χ3v) is 5.65. The van der Waals surface area contributed by atoms with E-state index in [4.69, 9.17) is 4.74 Å². The second-order valence-corrected chi connectivity index (χ2v) is 10.1. The lowest BCUT2D eigenvalue weighted by Crippen LogP contribution is -2.44. The Morgan fingerprint density at radius 1 is 0.974 bits per heavy atom. The third kappa shape index (κ3) is 9.21. The molecule has 0 saturated carbocycles. The lowest BCUT2D eigenvalue weighted by molar-refractivity contribution is -0.139. The Bertz CT molecular complexity index is 1270. The van der Waals surface area contributed by atoms with Gasteiger partial charge in [0.2, 0.25) is 0 Å². The molecule has 12 heteroatoms. The number of aromatic nitrogens is 1. The first-order chi connectivity index (χ1) is 18.0. The second kappa shape index (κ2) is 12.7. The molecule has 0 saturated heterocycles. The highest BCUT2D eigenvalue weighted by Gasteiger charge is 2.24. The van der Waals surface area contributed by atoms with Crippen LogP contribution in [-0.2, 0) is 22.5 Å². The number of nitrogens with zero attached hydrogens (tertiary/aromatic N) is 1. The predicted octanol–water partition coefficient (Wildman–Crippen LogP) is 4.24. The van der Waals surface area contributed by atoms with E-state index in [0.717, 1.165) is 16.9 Å². The van der Waals surface area contributed by atoms with Crippen molar-refractivity contribution in [3.05, 3.63) is 76.8 Å². The molecule has 1 heterocycles. The van der Waals surface area contributed by atoms with Crippen LogP contribution in [0.15, 0.2) is 60.0 Å². The van der Waals surface area contributed by atoms with E-state index in [9.17, 15) is 24.3 Å². The maximum absolute atomic E-state index is 12.6. The van der Waals surface area contributed by atoms with Crippen LogP contribution in [0.1, 0.15) is 42.4 Å². The summed E-state index contributed by atoms with van der Waals surface area (Å²) in [6.45, 7) is 5.40. The van der Waals surface area contributed by atoms with Crippen LogP contribution in [0.3, 0.4) is 0 Å². The Morgan fingerprint density at radius 2 is 1.66 bits per heavy atom. The normalized spacial score (nSPS) is 11.7. The van der Waals surface area contributed by atoms with Crippen molar-refractivity contribution in [3.63, 3.8) is 0 Å². The maximum atomic E-state index is 12.6. The van der Waals surface area contributed by atoms with Gasteiger partial charge in [-0.25, -0.2) is 19.4 Å². The number of hydrogen-bond acceptors (Lipinski definition) is 7. The average Bonchev–Trinajstić information content (AvgIpc) is 3.31. The Labute approximate surface area is 223 Å². The highest BCUT2D eigenvalue weighted by molar-refractivity contribution is 7.14. The molecule has 0 aliphatic rings. The monoisotopic (exact) mass is 539 g/mol. The summed E-state index contributed by atoms with van der Waals surface area (Å²) in [5.74, 6) is -1.67. The molecule has 0 fully saturated rings. The van der Waals surface area contributed by atoms with Crippen LogP contribution in [0.25, 0.3) is 0 Å². The van der Waals surface area contributed by atoms with Crippen molar-refractivity contribution in [3.8, 4) is 0 Å². The number of alkyl carbamates (subject to hydrolysis) is 1. The molecule has 3 aromatic rings. The van der Waals surface area contributed by atoms with Gasteiger partial charge in [0, 0.05) is 24.0 Å². The number of nitrogens with one attached hydrogen (secondary N) is 4. The summed E-state index contributed by atoms with van der Waals surface area (Å²) >= 11 is 1.11. The Kier molecular flexibility index (Phi) is 9.39. The van der Waals surface area contributed by atoms with Gasteiger partial charge in [0.15, 0.2) is 5.13 Å². The number of rotatable bonds is 9. The number of carboxylic acid groups (broad SMARTS) is 1. The molecule has 4 amide bonds. The summed E-state index contributed by atoms with van der Waals surface area (Å²) in [7, 11) is 0. The van der Waals surface area contributed by atoms with E-state index in [2.05, 4.69) is 26.3 Å². The molecule has 1 atom stereocenters. The fraction of sp³-hybridized carbons (Fsp3) is 0.269. The van der Waals surface area contributed by atoms with Crippen molar-refractivity contribution in [2.75, 3.05) is 10.6 Å². The summed E-state index contributed by atoms with van der Waals surface area (Å²) in [6.07, 6.45) is -0.796. The molecule has 0 bridgehead atoms. The molecule has 3 rings (SSSR count). The van der Waals surface area contributed by atoms with Gasteiger partial charge in [-0.15, -0.1) is 11.3 Å². The van der Waals surface area contributed by atoms with E-state index < -0.39 is 35.6 Å². The Hall–Kier alpha value is -4.45. The van der Waals surface area contributed by atoms with Gasteiger partial charge in [-0.05, 0) is 44.0 Å². The van der Waals surface area contributed by atoms with Gasteiger partial charge < -0.3 is 25.8 Å². The molecule has 0 aliphatic heterocycles. The van der Waals surface area contributed by atoms with Gasteiger partial charge >= 0.3 is 18.1 Å². The van der Waals surface area contributed by atoms with Crippen LogP contribution in [0.2, 0.25) is 0 Å². The maximum Gasteiger partial charge on any atom is 0.408 e. The molecule has 5 N–H and O–H groups in total. The number of ether oxygens (including phenoxy) is 1. The summed E-state index contributed by atoms with van der Waals surface area (Å²) in [5.41, 5.74) is 1.42. The SMILES string of the molecule is CC(C)(C)OC(=O)N[C@@H](Cc1ccc(NC(=O)c2csc(NC(=O)NCc3ccccc3)n2)cc1)C(=O)O. The van der Waals surface area contributed by atoms with E-state index in [-0.39, 0.29) is 17.2 Å². The van der Waals surface area contributed by atoms with E-state index in [1.807, 2.05) is 30.3 Å². The van der Waals surface area contributed by atoms with E-state index in [1.165, 1.54) is 5.38 Å². The lowest BCUT2D eigenvalue weighted by Gasteiger charge is -2.22. The van der Waals surface area contributed by atoms with Gasteiger partial charge in [0.1, 0.15) is 17.3 Å². The molecule has 200 valence electrons. The van der Waals surface area contributed by atoms with E-state index in [0.29, 0.717) is 17.8 Å².